The van der Waals surface area contributed by atoms with E-state index >= 15 is 0 Å². The standard InChI is InChI=1S/C25H27ClN2O5S2/c26-25-11-5-4-9-21(25)19-28(18-20-7-2-1-3-8-20)35(31,32)24-14-12-23(13-15-24)34(29,30)27-17-22-10-6-16-33-22/h1-5,7-9,11-15,22,27H,6,10,16-19H2/t22-/m1/s1. The molecule has 0 radical (unpaired) electrons. The van der Waals surface area contributed by atoms with Crippen molar-refractivity contribution in [2.24, 2.45) is 0 Å². The van der Waals surface area contributed by atoms with E-state index in [-0.39, 0.29) is 35.5 Å². The number of halogens is 1. The summed E-state index contributed by atoms with van der Waals surface area (Å²) in [5.74, 6) is 0. The minimum atomic E-state index is -3.96. The van der Waals surface area contributed by atoms with Gasteiger partial charge in [-0.3, -0.25) is 0 Å². The highest BCUT2D eigenvalue weighted by Gasteiger charge is 2.27. The molecule has 0 unspecified atom stereocenters. The van der Waals surface area contributed by atoms with Crippen molar-refractivity contribution in [3.8, 4) is 0 Å². The van der Waals surface area contributed by atoms with Crippen LogP contribution in [0, 0.1) is 0 Å². The number of sulfonamides is 2. The molecular formula is C25H27ClN2O5S2. The Bertz CT molecular complexity index is 1340. The van der Waals surface area contributed by atoms with Gasteiger partial charge in [0.1, 0.15) is 0 Å². The van der Waals surface area contributed by atoms with Crippen molar-refractivity contribution in [1.29, 1.82) is 0 Å². The van der Waals surface area contributed by atoms with Crippen LogP contribution in [0.3, 0.4) is 0 Å². The molecule has 0 aliphatic carbocycles. The molecule has 1 aliphatic rings. The summed E-state index contributed by atoms with van der Waals surface area (Å²) < 4.78 is 61.9. The van der Waals surface area contributed by atoms with Gasteiger partial charge in [-0.15, -0.1) is 0 Å². The van der Waals surface area contributed by atoms with Crippen molar-refractivity contribution in [2.45, 2.75) is 41.8 Å². The Morgan fingerprint density at radius 1 is 0.857 bits per heavy atom. The maximum Gasteiger partial charge on any atom is 0.243 e. The van der Waals surface area contributed by atoms with E-state index < -0.39 is 20.0 Å². The smallest absolute Gasteiger partial charge is 0.243 e. The molecule has 7 nitrogen and oxygen atoms in total. The molecule has 0 saturated carbocycles. The Morgan fingerprint density at radius 2 is 1.51 bits per heavy atom. The summed E-state index contributed by atoms with van der Waals surface area (Å²) >= 11 is 6.31. The van der Waals surface area contributed by atoms with Crippen molar-refractivity contribution in [1.82, 2.24) is 9.03 Å². The van der Waals surface area contributed by atoms with Gasteiger partial charge in [0.15, 0.2) is 0 Å². The zero-order valence-corrected chi connectivity index (χ0v) is 21.4. The molecule has 0 spiro atoms. The Balaban J connectivity index is 1.57. The monoisotopic (exact) mass is 534 g/mol. The Hall–Kier alpha value is -2.27. The fourth-order valence-electron chi connectivity index (χ4n) is 3.86. The van der Waals surface area contributed by atoms with Gasteiger partial charge in [0.05, 0.1) is 15.9 Å². The normalized spacial score (nSPS) is 16.6. The second-order valence-electron chi connectivity index (χ2n) is 8.31. The molecule has 3 aromatic rings. The fourth-order valence-corrected chi connectivity index (χ4v) is 6.53. The summed E-state index contributed by atoms with van der Waals surface area (Å²) in [6.45, 7) is 1.02. The number of nitrogens with one attached hydrogen (secondary N) is 1. The Kier molecular flexibility index (Phi) is 8.26. The van der Waals surface area contributed by atoms with E-state index in [0.717, 1.165) is 18.4 Å². The number of benzene rings is 3. The van der Waals surface area contributed by atoms with Crippen LogP contribution in [-0.4, -0.2) is 40.4 Å². The van der Waals surface area contributed by atoms with Gasteiger partial charge in [-0.05, 0) is 54.3 Å². The maximum atomic E-state index is 13.6. The highest BCUT2D eigenvalue weighted by atomic mass is 35.5. The van der Waals surface area contributed by atoms with Crippen LogP contribution in [0.15, 0.2) is 88.7 Å². The zero-order valence-electron chi connectivity index (χ0n) is 19.0. The quantitative estimate of drug-likeness (QED) is 0.421. The van der Waals surface area contributed by atoms with Crippen LogP contribution in [0.4, 0.5) is 0 Å². The number of ether oxygens (including phenoxy) is 1. The van der Waals surface area contributed by atoms with Gasteiger partial charge in [-0.2, -0.15) is 4.31 Å². The number of nitrogens with zero attached hydrogens (tertiary/aromatic N) is 1. The van der Waals surface area contributed by atoms with E-state index in [0.29, 0.717) is 17.2 Å². The molecule has 3 aromatic carbocycles. The summed E-state index contributed by atoms with van der Waals surface area (Å²) in [5.41, 5.74) is 1.49. The molecule has 1 atom stereocenters. The molecular weight excluding hydrogens is 508 g/mol. The van der Waals surface area contributed by atoms with E-state index in [1.165, 1.54) is 28.6 Å². The molecule has 4 rings (SSSR count). The van der Waals surface area contributed by atoms with Gasteiger partial charge >= 0.3 is 0 Å². The molecule has 0 amide bonds. The lowest BCUT2D eigenvalue weighted by atomic mass is 10.2. The third kappa shape index (κ3) is 6.49. The second-order valence-corrected chi connectivity index (χ2v) is 12.4. The maximum absolute atomic E-state index is 13.6. The average molecular weight is 535 g/mol. The van der Waals surface area contributed by atoms with Crippen molar-refractivity contribution >= 4 is 31.6 Å². The average Bonchev–Trinajstić information content (AvgIpc) is 3.38. The first-order valence-electron chi connectivity index (χ1n) is 11.2. The number of hydrogen-bond donors (Lipinski definition) is 1. The van der Waals surface area contributed by atoms with Crippen LogP contribution >= 0.6 is 11.6 Å². The molecule has 1 heterocycles. The molecule has 186 valence electrons. The summed E-state index contributed by atoms with van der Waals surface area (Å²) in [5, 5.41) is 0.472. The minimum absolute atomic E-state index is 0.00133. The third-order valence-corrected chi connectivity index (χ3v) is 9.42. The van der Waals surface area contributed by atoms with Crippen LogP contribution in [-0.2, 0) is 37.9 Å². The van der Waals surface area contributed by atoms with Crippen LogP contribution in [0.2, 0.25) is 5.02 Å². The molecule has 1 saturated heterocycles. The highest BCUT2D eigenvalue weighted by molar-refractivity contribution is 7.89. The largest absolute Gasteiger partial charge is 0.377 e. The van der Waals surface area contributed by atoms with Crippen LogP contribution in [0.1, 0.15) is 24.0 Å². The molecule has 0 bridgehead atoms. The minimum Gasteiger partial charge on any atom is -0.377 e. The van der Waals surface area contributed by atoms with E-state index in [4.69, 9.17) is 16.3 Å². The lowest BCUT2D eigenvalue weighted by Gasteiger charge is -2.23. The van der Waals surface area contributed by atoms with Gasteiger partial charge in [0.25, 0.3) is 0 Å². The summed E-state index contributed by atoms with van der Waals surface area (Å²) in [6, 6.07) is 21.6. The first kappa shape index (κ1) is 25.8. The van der Waals surface area contributed by atoms with E-state index in [1.807, 2.05) is 30.3 Å². The molecule has 1 aliphatic heterocycles. The molecule has 35 heavy (non-hydrogen) atoms. The summed E-state index contributed by atoms with van der Waals surface area (Å²) in [7, 11) is -7.75. The van der Waals surface area contributed by atoms with Crippen molar-refractivity contribution < 1.29 is 21.6 Å². The third-order valence-electron chi connectivity index (χ3n) is 5.80. The van der Waals surface area contributed by atoms with Crippen LogP contribution in [0.25, 0.3) is 0 Å². The molecule has 0 aromatic heterocycles. The van der Waals surface area contributed by atoms with Crippen molar-refractivity contribution in [3.63, 3.8) is 0 Å². The van der Waals surface area contributed by atoms with E-state index in [2.05, 4.69) is 4.72 Å². The first-order valence-corrected chi connectivity index (χ1v) is 14.5. The second kappa shape index (κ2) is 11.2. The lowest BCUT2D eigenvalue weighted by Crippen LogP contribution is -2.32. The van der Waals surface area contributed by atoms with E-state index in [1.54, 1.807) is 24.3 Å². The van der Waals surface area contributed by atoms with Gasteiger partial charge in [0, 0.05) is 31.3 Å². The van der Waals surface area contributed by atoms with Crippen LogP contribution in [0.5, 0.6) is 0 Å². The predicted octanol–water partition coefficient (Wildman–Crippen LogP) is 4.19. The predicted molar refractivity (Wildman–Crippen MR) is 135 cm³/mol. The fraction of sp³-hybridized carbons (Fsp3) is 0.280. The van der Waals surface area contributed by atoms with Gasteiger partial charge in [-0.25, -0.2) is 21.6 Å². The highest BCUT2D eigenvalue weighted by Crippen LogP contribution is 2.25. The van der Waals surface area contributed by atoms with Crippen LogP contribution < -0.4 is 4.72 Å². The Morgan fingerprint density at radius 3 is 2.17 bits per heavy atom. The van der Waals surface area contributed by atoms with Gasteiger partial charge in [-0.1, -0.05) is 60.1 Å². The number of rotatable bonds is 10. The molecule has 1 N–H and O–H groups in total. The SMILES string of the molecule is O=S(=O)(NC[C@H]1CCCO1)c1ccc(S(=O)(=O)N(Cc2ccccc2)Cc2ccccc2Cl)cc1. The van der Waals surface area contributed by atoms with Gasteiger partial charge in [0.2, 0.25) is 20.0 Å². The topological polar surface area (TPSA) is 92.8 Å². The van der Waals surface area contributed by atoms with Crippen molar-refractivity contribution in [2.75, 3.05) is 13.2 Å². The molecule has 1 fully saturated rings. The molecule has 10 heteroatoms. The zero-order chi connectivity index (χ0) is 24.9. The van der Waals surface area contributed by atoms with Gasteiger partial charge < -0.3 is 4.74 Å². The summed E-state index contributed by atoms with van der Waals surface area (Å²) in [4.78, 5) is -0.00581. The first-order chi connectivity index (χ1) is 16.8. The number of hydrogen-bond acceptors (Lipinski definition) is 5. The Labute approximate surface area is 211 Å². The lowest BCUT2D eigenvalue weighted by molar-refractivity contribution is 0.114. The van der Waals surface area contributed by atoms with E-state index in [9.17, 15) is 16.8 Å². The van der Waals surface area contributed by atoms with Crippen molar-refractivity contribution in [3.05, 3.63) is 95.0 Å². The summed E-state index contributed by atoms with van der Waals surface area (Å²) in [6.07, 6.45) is 1.58.